The summed E-state index contributed by atoms with van der Waals surface area (Å²) in [7, 11) is 3.38. The van der Waals surface area contributed by atoms with E-state index in [0.29, 0.717) is 12.3 Å². The molecule has 2 atom stereocenters. The van der Waals surface area contributed by atoms with E-state index in [0.717, 1.165) is 16.0 Å². The van der Waals surface area contributed by atoms with E-state index >= 15 is 0 Å². The number of rotatable bonds is 7. The third kappa shape index (κ3) is 3.97. The predicted molar refractivity (Wildman–Crippen MR) is 110 cm³/mol. The lowest BCUT2D eigenvalue weighted by Crippen LogP contribution is -2.55. The van der Waals surface area contributed by atoms with Crippen molar-refractivity contribution in [1.82, 2.24) is 9.80 Å². The van der Waals surface area contributed by atoms with Gasteiger partial charge in [0.15, 0.2) is 11.5 Å². The van der Waals surface area contributed by atoms with Gasteiger partial charge in [0.25, 0.3) is 0 Å². The van der Waals surface area contributed by atoms with Crippen LogP contribution in [0.15, 0.2) is 16.6 Å². The van der Waals surface area contributed by atoms with Gasteiger partial charge in [-0.3, -0.25) is 9.80 Å². The lowest BCUT2D eigenvalue weighted by molar-refractivity contribution is 0.177. The molecule has 26 heavy (non-hydrogen) atoms. The highest BCUT2D eigenvalue weighted by Crippen LogP contribution is 2.40. The third-order valence-electron chi connectivity index (χ3n) is 5.87. The Hall–Kier alpha value is -0.980. The first-order valence-corrected chi connectivity index (χ1v) is 10.5. The van der Waals surface area contributed by atoms with E-state index in [1.165, 1.54) is 57.5 Å². The number of ether oxygens (including phenoxy) is 2. The summed E-state index contributed by atoms with van der Waals surface area (Å²) in [4.78, 5) is 7.73. The second-order valence-corrected chi connectivity index (χ2v) is 8.17. The maximum atomic E-state index is 5.59. The largest absolute Gasteiger partial charge is 0.493 e. The molecule has 0 radical (unpaired) electrons. The van der Waals surface area contributed by atoms with E-state index in [-0.39, 0.29) is 0 Å². The highest BCUT2D eigenvalue weighted by atomic mass is 79.9. The molecule has 1 aromatic carbocycles. The van der Waals surface area contributed by atoms with Crippen molar-refractivity contribution in [3.05, 3.63) is 16.6 Å². The van der Waals surface area contributed by atoms with Gasteiger partial charge in [-0.2, -0.15) is 0 Å². The highest BCUT2D eigenvalue weighted by Gasteiger charge is 2.33. The molecule has 2 unspecified atom stereocenters. The van der Waals surface area contributed by atoms with Gasteiger partial charge in [0.05, 0.1) is 32.2 Å². The van der Waals surface area contributed by atoms with Crippen molar-refractivity contribution >= 4 is 21.6 Å². The number of halogens is 1. The fourth-order valence-corrected chi connectivity index (χ4v) is 4.87. The summed E-state index contributed by atoms with van der Waals surface area (Å²) in [5.74, 6) is 1.53. The first kappa shape index (κ1) is 19.8. The van der Waals surface area contributed by atoms with Crippen LogP contribution in [0.4, 0.5) is 5.69 Å². The summed E-state index contributed by atoms with van der Waals surface area (Å²) in [6.45, 7) is 9.37. The van der Waals surface area contributed by atoms with Crippen LogP contribution in [-0.2, 0) is 0 Å². The van der Waals surface area contributed by atoms with Crippen LogP contribution in [0.25, 0.3) is 0 Å². The molecule has 0 saturated carbocycles. The maximum absolute atomic E-state index is 5.59. The molecule has 146 valence electrons. The molecule has 0 spiro atoms. The third-order valence-corrected chi connectivity index (χ3v) is 6.51. The molecular formula is C20H32BrN3O2. The van der Waals surface area contributed by atoms with Gasteiger partial charge in [0.2, 0.25) is 0 Å². The van der Waals surface area contributed by atoms with Gasteiger partial charge < -0.3 is 14.4 Å². The molecule has 6 heteroatoms. The Morgan fingerprint density at radius 3 is 1.69 bits per heavy atom. The van der Waals surface area contributed by atoms with Gasteiger partial charge >= 0.3 is 0 Å². The van der Waals surface area contributed by atoms with E-state index in [1.807, 2.05) is 6.07 Å². The molecule has 0 N–H and O–H groups in total. The van der Waals surface area contributed by atoms with Crippen molar-refractivity contribution in [1.29, 1.82) is 0 Å². The Balaban J connectivity index is 1.98. The zero-order chi connectivity index (χ0) is 18.7. The van der Waals surface area contributed by atoms with Crippen LogP contribution in [0.1, 0.15) is 39.5 Å². The minimum absolute atomic E-state index is 0.336. The fraction of sp³-hybridized carbons (Fsp3) is 0.700. The average Bonchev–Trinajstić information content (AvgIpc) is 3.36. The smallest absolute Gasteiger partial charge is 0.162 e. The summed E-state index contributed by atoms with van der Waals surface area (Å²) in [5, 5.41) is 0. The van der Waals surface area contributed by atoms with E-state index < -0.39 is 0 Å². The number of hydrogen-bond donors (Lipinski definition) is 0. The van der Waals surface area contributed by atoms with Crippen molar-refractivity contribution in [3.63, 3.8) is 0 Å². The zero-order valence-corrected chi connectivity index (χ0v) is 18.1. The van der Waals surface area contributed by atoms with Gasteiger partial charge in [-0.15, -0.1) is 0 Å². The lowest BCUT2D eigenvalue weighted by atomic mass is 10.2. The first-order valence-electron chi connectivity index (χ1n) is 9.74. The monoisotopic (exact) mass is 425 g/mol. The van der Waals surface area contributed by atoms with Crippen molar-refractivity contribution < 1.29 is 9.47 Å². The summed E-state index contributed by atoms with van der Waals surface area (Å²) >= 11 is 3.79. The predicted octanol–water partition coefficient (Wildman–Crippen LogP) is 4.16. The molecule has 0 aromatic heterocycles. The summed E-state index contributed by atoms with van der Waals surface area (Å²) < 4.78 is 12.1. The number of likely N-dealkylation sites (tertiary alicyclic amines) is 2. The molecule has 1 aromatic rings. The summed E-state index contributed by atoms with van der Waals surface area (Å²) in [6, 6.07) is 4.14. The molecule has 2 fully saturated rings. The van der Waals surface area contributed by atoms with Crippen LogP contribution in [0.2, 0.25) is 0 Å². The summed E-state index contributed by atoms with van der Waals surface area (Å²) in [6.07, 6.45) is 5.85. The highest BCUT2D eigenvalue weighted by molar-refractivity contribution is 9.10. The van der Waals surface area contributed by atoms with Gasteiger partial charge in [-0.1, -0.05) is 0 Å². The molecule has 5 nitrogen and oxygen atoms in total. The number of hydrogen-bond acceptors (Lipinski definition) is 5. The molecule has 2 aliphatic heterocycles. The summed E-state index contributed by atoms with van der Waals surface area (Å²) in [5.41, 5.74) is 1.17. The zero-order valence-electron chi connectivity index (χ0n) is 16.5. The van der Waals surface area contributed by atoms with Crippen LogP contribution < -0.4 is 14.4 Å². The molecule has 2 heterocycles. The quantitative estimate of drug-likeness (QED) is 0.653. The Morgan fingerprint density at radius 2 is 1.27 bits per heavy atom. The lowest BCUT2D eigenvalue weighted by Gasteiger charge is -2.44. The van der Waals surface area contributed by atoms with Crippen LogP contribution >= 0.6 is 15.9 Å². The second-order valence-electron chi connectivity index (χ2n) is 7.32. The number of anilines is 1. The molecule has 0 bridgehead atoms. The molecular weight excluding hydrogens is 394 g/mol. The standard InChI is InChI=1S/C20H32BrN3O2/c1-15(22-9-5-6-10-22)24(16(2)23-11-7-8-12-23)18-14-20(26-4)19(25-3)13-17(18)21/h13-16H,5-12H2,1-4H3. The van der Waals surface area contributed by atoms with Crippen LogP contribution in [0.5, 0.6) is 11.5 Å². The van der Waals surface area contributed by atoms with E-state index in [4.69, 9.17) is 9.47 Å². The minimum Gasteiger partial charge on any atom is -0.493 e. The van der Waals surface area contributed by atoms with Gasteiger partial charge in [-0.05, 0) is 55.5 Å². The maximum Gasteiger partial charge on any atom is 0.162 e. The number of nitrogens with zero attached hydrogens (tertiary/aromatic N) is 3. The molecule has 0 amide bonds. The Morgan fingerprint density at radius 1 is 0.846 bits per heavy atom. The molecule has 2 aliphatic rings. The van der Waals surface area contributed by atoms with Crippen molar-refractivity contribution in [2.24, 2.45) is 0 Å². The molecule has 2 saturated heterocycles. The second kappa shape index (κ2) is 8.81. The van der Waals surface area contributed by atoms with Crippen LogP contribution in [0, 0.1) is 0 Å². The fourth-order valence-electron chi connectivity index (χ4n) is 4.34. The first-order chi connectivity index (χ1) is 12.6. The number of benzene rings is 1. The number of methoxy groups -OCH3 is 2. The Bertz CT molecular complexity index is 579. The van der Waals surface area contributed by atoms with E-state index in [9.17, 15) is 0 Å². The molecule has 0 aliphatic carbocycles. The van der Waals surface area contributed by atoms with Crippen molar-refractivity contribution in [2.45, 2.75) is 51.9 Å². The van der Waals surface area contributed by atoms with Gasteiger partial charge in [0.1, 0.15) is 0 Å². The Kier molecular flexibility index (Phi) is 6.70. The van der Waals surface area contributed by atoms with E-state index in [2.05, 4.69) is 50.5 Å². The Labute approximate surface area is 166 Å². The topological polar surface area (TPSA) is 28.2 Å². The van der Waals surface area contributed by atoms with E-state index in [1.54, 1.807) is 14.2 Å². The van der Waals surface area contributed by atoms with Crippen LogP contribution in [-0.4, -0.2) is 62.5 Å². The van der Waals surface area contributed by atoms with Gasteiger partial charge in [-0.25, -0.2) is 0 Å². The van der Waals surface area contributed by atoms with Crippen LogP contribution in [0.3, 0.4) is 0 Å². The van der Waals surface area contributed by atoms with Crippen molar-refractivity contribution in [3.8, 4) is 11.5 Å². The van der Waals surface area contributed by atoms with Crippen molar-refractivity contribution in [2.75, 3.05) is 45.3 Å². The normalized spacial score (nSPS) is 21.0. The minimum atomic E-state index is 0.336. The SMILES string of the molecule is COc1cc(Br)c(N(C(C)N2CCCC2)C(C)N2CCCC2)cc1OC. The average molecular weight is 426 g/mol. The van der Waals surface area contributed by atoms with Gasteiger partial charge in [0, 0.05) is 42.8 Å². The molecule has 3 rings (SSSR count).